The highest BCUT2D eigenvalue weighted by molar-refractivity contribution is 6.21. The van der Waals surface area contributed by atoms with Crippen LogP contribution in [-0.4, -0.2) is 44.3 Å². The summed E-state index contributed by atoms with van der Waals surface area (Å²) < 4.78 is 6.39. The number of benzene rings is 1. The molecule has 2 heterocycles. The largest absolute Gasteiger partial charge is 0.444 e. The van der Waals surface area contributed by atoms with Crippen LogP contribution in [0.25, 0.3) is 0 Å². The zero-order valence-corrected chi connectivity index (χ0v) is 15.7. The average Bonchev–Trinajstić information content (AvgIpc) is 3.06. The predicted octanol–water partition coefficient (Wildman–Crippen LogP) is 2.14. The Kier molecular flexibility index (Phi) is 4.63. The zero-order chi connectivity index (χ0) is 20.6. The molecule has 1 N–H and O–H groups in total. The third-order valence-corrected chi connectivity index (χ3v) is 3.60. The van der Waals surface area contributed by atoms with Crippen molar-refractivity contribution in [3.05, 3.63) is 47.2 Å². The summed E-state index contributed by atoms with van der Waals surface area (Å²) >= 11 is 0. The van der Waals surface area contributed by atoms with Gasteiger partial charge in [0.2, 0.25) is 0 Å². The van der Waals surface area contributed by atoms with Crippen molar-refractivity contribution in [1.29, 1.82) is 0 Å². The first-order valence-corrected chi connectivity index (χ1v) is 8.30. The lowest BCUT2D eigenvalue weighted by molar-refractivity contribution is -0.0584. The van der Waals surface area contributed by atoms with Crippen LogP contribution in [-0.2, 0) is 16.6 Å². The number of hydrogen-bond acceptors (Lipinski definition) is 7. The summed E-state index contributed by atoms with van der Waals surface area (Å²) in [6.07, 6.45) is 0.466. The fourth-order valence-corrected chi connectivity index (χ4v) is 2.51. The number of carbonyl (C=O) groups excluding carboxylic acids is 4. The van der Waals surface area contributed by atoms with Gasteiger partial charge in [-0.1, -0.05) is 17.2 Å². The minimum atomic E-state index is -1.03. The number of imide groups is 1. The molecule has 2 aromatic rings. The molecule has 0 radical (unpaired) electrons. The van der Waals surface area contributed by atoms with Crippen LogP contribution < -0.4 is 5.32 Å². The lowest BCUT2D eigenvalue weighted by Crippen LogP contribution is -2.33. The number of amides is 3. The van der Waals surface area contributed by atoms with Crippen molar-refractivity contribution in [2.75, 3.05) is 5.32 Å². The maximum Gasteiger partial charge on any atom is 0.413 e. The topological polar surface area (TPSA) is 120 Å². The van der Waals surface area contributed by atoms with E-state index in [1.807, 2.05) is 0 Å². The zero-order valence-electron chi connectivity index (χ0n) is 15.7. The number of aryl methyl sites for hydroxylation is 1. The van der Waals surface area contributed by atoms with Gasteiger partial charge in [-0.3, -0.25) is 19.6 Å². The van der Waals surface area contributed by atoms with Gasteiger partial charge in [-0.05, 0) is 32.9 Å². The molecule has 146 valence electrons. The van der Waals surface area contributed by atoms with Gasteiger partial charge in [-0.2, -0.15) is 5.10 Å². The molecule has 0 unspecified atom stereocenters. The van der Waals surface area contributed by atoms with Gasteiger partial charge in [0.05, 0.1) is 11.1 Å². The fourth-order valence-electron chi connectivity index (χ4n) is 2.51. The van der Waals surface area contributed by atoms with E-state index in [9.17, 15) is 19.2 Å². The number of ether oxygens (including phenoxy) is 1. The summed E-state index contributed by atoms with van der Waals surface area (Å²) in [7, 11) is 1.53. The molecule has 1 aliphatic rings. The van der Waals surface area contributed by atoms with E-state index in [2.05, 4.69) is 10.4 Å². The van der Waals surface area contributed by atoms with Gasteiger partial charge in [0.1, 0.15) is 11.2 Å². The highest BCUT2D eigenvalue weighted by Gasteiger charge is 2.39. The second-order valence-corrected chi connectivity index (χ2v) is 7.02. The maximum atomic E-state index is 12.5. The number of aromatic nitrogens is 2. The number of rotatable bonds is 3. The number of fused-ring (bicyclic) bond motifs is 1. The SMILES string of the molecule is Cn1cc(C(=O)ON2C(=O)c3ccccc3C2=O)c(NC(=O)OC(C)(C)C)n1. The van der Waals surface area contributed by atoms with E-state index in [0.29, 0.717) is 5.06 Å². The van der Waals surface area contributed by atoms with E-state index in [1.54, 1.807) is 32.9 Å². The van der Waals surface area contributed by atoms with E-state index in [0.717, 1.165) is 0 Å². The summed E-state index contributed by atoms with van der Waals surface area (Å²) in [6, 6.07) is 6.12. The van der Waals surface area contributed by atoms with Crippen molar-refractivity contribution in [3.8, 4) is 0 Å². The third kappa shape index (κ3) is 3.70. The van der Waals surface area contributed by atoms with Gasteiger partial charge in [0, 0.05) is 13.2 Å². The summed E-state index contributed by atoms with van der Waals surface area (Å²) in [4.78, 5) is 54.1. The van der Waals surface area contributed by atoms with Crippen molar-refractivity contribution in [1.82, 2.24) is 14.8 Å². The average molecular weight is 386 g/mol. The Bertz CT molecular complexity index is 953. The predicted molar refractivity (Wildman–Crippen MR) is 95.4 cm³/mol. The first-order chi connectivity index (χ1) is 13.1. The molecule has 0 saturated heterocycles. The van der Waals surface area contributed by atoms with Gasteiger partial charge in [0.15, 0.2) is 5.82 Å². The molecule has 10 nitrogen and oxygen atoms in total. The smallest absolute Gasteiger partial charge is 0.413 e. The van der Waals surface area contributed by atoms with Crippen LogP contribution in [0.3, 0.4) is 0 Å². The molecule has 1 aliphatic heterocycles. The molecule has 0 bridgehead atoms. The van der Waals surface area contributed by atoms with Crippen LogP contribution in [0.1, 0.15) is 51.8 Å². The van der Waals surface area contributed by atoms with Crippen LogP contribution >= 0.6 is 0 Å². The van der Waals surface area contributed by atoms with Crippen molar-refractivity contribution in [3.63, 3.8) is 0 Å². The Hall–Kier alpha value is -3.69. The van der Waals surface area contributed by atoms with Crippen molar-refractivity contribution >= 4 is 29.7 Å². The third-order valence-electron chi connectivity index (χ3n) is 3.60. The second-order valence-electron chi connectivity index (χ2n) is 7.02. The lowest BCUT2D eigenvalue weighted by atomic mass is 10.1. The van der Waals surface area contributed by atoms with Gasteiger partial charge in [-0.15, -0.1) is 0 Å². The number of nitrogens with one attached hydrogen (secondary N) is 1. The van der Waals surface area contributed by atoms with Crippen LogP contribution in [0.2, 0.25) is 0 Å². The van der Waals surface area contributed by atoms with E-state index in [1.165, 1.54) is 30.1 Å². The first kappa shape index (κ1) is 19.1. The minimum absolute atomic E-state index is 0.127. The monoisotopic (exact) mass is 386 g/mol. The highest BCUT2D eigenvalue weighted by atomic mass is 16.7. The Labute approximate surface area is 160 Å². The van der Waals surface area contributed by atoms with Crippen molar-refractivity contribution in [2.45, 2.75) is 26.4 Å². The summed E-state index contributed by atoms with van der Waals surface area (Å²) in [5, 5.41) is 6.71. The lowest BCUT2D eigenvalue weighted by Gasteiger charge is -2.19. The Balaban J connectivity index is 1.78. The highest BCUT2D eigenvalue weighted by Crippen LogP contribution is 2.24. The van der Waals surface area contributed by atoms with E-state index < -0.39 is 29.5 Å². The van der Waals surface area contributed by atoms with Crippen molar-refractivity contribution < 1.29 is 28.8 Å². The standard InChI is InChI=1S/C18H18N4O6/c1-18(2,3)27-17(26)19-13-12(9-21(4)20-13)16(25)28-22-14(23)10-7-5-6-8-11(10)15(22)24/h5-9H,1-4H3,(H,19,20,26). The molecular formula is C18H18N4O6. The first-order valence-electron chi connectivity index (χ1n) is 8.30. The van der Waals surface area contributed by atoms with Crippen LogP contribution in [0.5, 0.6) is 0 Å². The maximum absolute atomic E-state index is 12.5. The second kappa shape index (κ2) is 6.80. The van der Waals surface area contributed by atoms with E-state index in [-0.39, 0.29) is 22.5 Å². The molecule has 3 amide bonds. The molecule has 0 fully saturated rings. The number of anilines is 1. The number of nitrogens with zero attached hydrogens (tertiary/aromatic N) is 3. The summed E-state index contributed by atoms with van der Waals surface area (Å²) in [5.41, 5.74) is -0.623. The summed E-state index contributed by atoms with van der Waals surface area (Å²) in [6.45, 7) is 5.05. The molecule has 10 heteroatoms. The normalized spacial score (nSPS) is 13.4. The number of carbonyl (C=O) groups is 4. The molecule has 1 aromatic heterocycles. The van der Waals surface area contributed by atoms with E-state index >= 15 is 0 Å². The van der Waals surface area contributed by atoms with Crippen LogP contribution in [0, 0.1) is 0 Å². The van der Waals surface area contributed by atoms with E-state index in [4.69, 9.17) is 9.57 Å². The molecule has 0 spiro atoms. The Morgan fingerprint density at radius 1 is 1.07 bits per heavy atom. The van der Waals surface area contributed by atoms with Crippen LogP contribution in [0.4, 0.5) is 10.6 Å². The Morgan fingerprint density at radius 3 is 2.18 bits per heavy atom. The van der Waals surface area contributed by atoms with Gasteiger partial charge < -0.3 is 9.57 Å². The fraction of sp³-hybridized carbons (Fsp3) is 0.278. The minimum Gasteiger partial charge on any atom is -0.444 e. The Morgan fingerprint density at radius 2 is 1.64 bits per heavy atom. The molecule has 1 aromatic carbocycles. The van der Waals surface area contributed by atoms with Gasteiger partial charge in [0.25, 0.3) is 11.8 Å². The van der Waals surface area contributed by atoms with Gasteiger partial charge >= 0.3 is 12.1 Å². The number of hydrogen-bond donors (Lipinski definition) is 1. The molecule has 0 saturated carbocycles. The molecule has 28 heavy (non-hydrogen) atoms. The van der Waals surface area contributed by atoms with Crippen LogP contribution in [0.15, 0.2) is 30.5 Å². The van der Waals surface area contributed by atoms with Crippen molar-refractivity contribution in [2.24, 2.45) is 7.05 Å². The summed E-state index contributed by atoms with van der Waals surface area (Å²) in [5.74, 6) is -2.66. The molecule has 0 atom stereocenters. The van der Waals surface area contributed by atoms with Gasteiger partial charge in [-0.25, -0.2) is 9.59 Å². The molecular weight excluding hydrogens is 368 g/mol. The molecule has 3 rings (SSSR count). The molecule has 0 aliphatic carbocycles. The quantitative estimate of drug-likeness (QED) is 0.802. The number of hydroxylamine groups is 2.